The van der Waals surface area contributed by atoms with Crippen molar-refractivity contribution >= 4 is 18.3 Å². The molecule has 112 valence electrons. The molecule has 2 aromatic rings. The van der Waals surface area contributed by atoms with Crippen molar-refractivity contribution in [3.63, 3.8) is 0 Å². The van der Waals surface area contributed by atoms with Gasteiger partial charge in [-0.3, -0.25) is 4.79 Å². The second-order valence-electron chi connectivity index (χ2n) is 5.05. The number of rotatable bonds is 2. The third kappa shape index (κ3) is 3.43. The van der Waals surface area contributed by atoms with Crippen LogP contribution in [0.5, 0.6) is 0 Å². The van der Waals surface area contributed by atoms with Crippen molar-refractivity contribution in [1.29, 1.82) is 0 Å². The monoisotopic (exact) mass is 306 g/mol. The van der Waals surface area contributed by atoms with Gasteiger partial charge in [0.05, 0.1) is 11.9 Å². The van der Waals surface area contributed by atoms with Gasteiger partial charge in [-0.2, -0.15) is 5.10 Å². The number of aryl methyl sites for hydroxylation is 1. The maximum atomic E-state index is 12.3. The Kier molecular flexibility index (Phi) is 4.98. The Balaban J connectivity index is 0.00000161. The fraction of sp³-hybridized carbons (Fsp3) is 0.333. The maximum Gasteiger partial charge on any atom is 0.253 e. The minimum Gasteiger partial charge on any atom is -0.336 e. The molecular weight excluding hydrogens is 288 g/mol. The molecule has 1 aliphatic rings. The van der Waals surface area contributed by atoms with Gasteiger partial charge in [0.2, 0.25) is 0 Å². The molecule has 1 fully saturated rings. The zero-order valence-corrected chi connectivity index (χ0v) is 12.8. The molecule has 0 unspecified atom stereocenters. The molecule has 0 saturated carbocycles. The van der Waals surface area contributed by atoms with Crippen LogP contribution in [0, 0.1) is 6.92 Å². The number of nitrogens with one attached hydrogen (secondary N) is 1. The maximum absolute atomic E-state index is 12.3. The van der Waals surface area contributed by atoms with Gasteiger partial charge in [-0.25, -0.2) is 4.68 Å². The van der Waals surface area contributed by atoms with Gasteiger partial charge in [-0.15, -0.1) is 12.4 Å². The number of halogens is 1. The summed E-state index contributed by atoms with van der Waals surface area (Å²) in [5.74, 6) is 0.106. The Hall–Kier alpha value is -1.85. The summed E-state index contributed by atoms with van der Waals surface area (Å²) in [6.45, 7) is 5.30. The van der Waals surface area contributed by atoms with Gasteiger partial charge in [0.25, 0.3) is 5.91 Å². The zero-order valence-electron chi connectivity index (χ0n) is 12.0. The van der Waals surface area contributed by atoms with Crippen LogP contribution in [0.2, 0.25) is 0 Å². The second kappa shape index (κ2) is 6.74. The molecule has 1 aliphatic heterocycles. The van der Waals surface area contributed by atoms with E-state index in [0.29, 0.717) is 0 Å². The van der Waals surface area contributed by atoms with E-state index in [1.54, 1.807) is 0 Å². The van der Waals surface area contributed by atoms with Crippen LogP contribution in [-0.4, -0.2) is 46.8 Å². The van der Waals surface area contributed by atoms with Crippen molar-refractivity contribution in [1.82, 2.24) is 20.0 Å². The highest BCUT2D eigenvalue weighted by Gasteiger charge is 2.17. The third-order valence-corrected chi connectivity index (χ3v) is 3.49. The van der Waals surface area contributed by atoms with E-state index in [1.807, 2.05) is 53.2 Å². The summed E-state index contributed by atoms with van der Waals surface area (Å²) in [6.07, 6.45) is 3.78. The predicted molar refractivity (Wildman–Crippen MR) is 84.3 cm³/mol. The van der Waals surface area contributed by atoms with E-state index in [4.69, 9.17) is 0 Å². The van der Waals surface area contributed by atoms with Crippen LogP contribution in [0.3, 0.4) is 0 Å². The first-order chi connectivity index (χ1) is 9.74. The van der Waals surface area contributed by atoms with Crippen LogP contribution in [0.25, 0.3) is 5.69 Å². The Morgan fingerprint density at radius 1 is 1.19 bits per heavy atom. The lowest BCUT2D eigenvalue weighted by Gasteiger charge is -2.27. The molecule has 0 bridgehead atoms. The van der Waals surface area contributed by atoms with E-state index in [2.05, 4.69) is 10.4 Å². The normalized spacial score (nSPS) is 14.6. The van der Waals surface area contributed by atoms with E-state index in [0.717, 1.165) is 43.0 Å². The van der Waals surface area contributed by atoms with Crippen LogP contribution < -0.4 is 5.32 Å². The van der Waals surface area contributed by atoms with Crippen LogP contribution in [-0.2, 0) is 0 Å². The summed E-state index contributed by atoms with van der Waals surface area (Å²) < 4.78 is 1.81. The van der Waals surface area contributed by atoms with Crippen LogP contribution in [0.4, 0.5) is 0 Å². The number of aromatic nitrogens is 2. The highest BCUT2D eigenvalue weighted by Crippen LogP contribution is 2.12. The standard InChI is InChI=1S/C15H18N4O.ClH/c1-12-10-17-19(11-12)14-4-2-13(3-5-14)15(20)18-8-6-16-7-9-18;/h2-5,10-11,16H,6-9H2,1H3;1H. The quantitative estimate of drug-likeness (QED) is 0.918. The molecule has 1 N–H and O–H groups in total. The summed E-state index contributed by atoms with van der Waals surface area (Å²) in [7, 11) is 0. The van der Waals surface area contributed by atoms with E-state index in [1.165, 1.54) is 0 Å². The van der Waals surface area contributed by atoms with Gasteiger partial charge in [0.15, 0.2) is 0 Å². The fourth-order valence-corrected chi connectivity index (χ4v) is 2.36. The van der Waals surface area contributed by atoms with Crippen molar-refractivity contribution in [2.24, 2.45) is 0 Å². The molecule has 3 rings (SSSR count). The Bertz CT molecular complexity index is 602. The van der Waals surface area contributed by atoms with Crippen molar-refractivity contribution in [2.75, 3.05) is 26.2 Å². The van der Waals surface area contributed by atoms with Crippen LogP contribution >= 0.6 is 12.4 Å². The van der Waals surface area contributed by atoms with Crippen molar-refractivity contribution in [2.45, 2.75) is 6.92 Å². The van der Waals surface area contributed by atoms with Crippen molar-refractivity contribution in [3.05, 3.63) is 47.8 Å². The van der Waals surface area contributed by atoms with E-state index in [-0.39, 0.29) is 18.3 Å². The molecule has 1 amide bonds. The predicted octanol–water partition coefficient (Wildman–Crippen LogP) is 1.65. The molecule has 2 heterocycles. The molecule has 6 heteroatoms. The number of nitrogens with zero attached hydrogens (tertiary/aromatic N) is 3. The highest BCUT2D eigenvalue weighted by molar-refractivity contribution is 5.94. The lowest BCUT2D eigenvalue weighted by Crippen LogP contribution is -2.46. The number of hydrogen-bond acceptors (Lipinski definition) is 3. The molecule has 0 atom stereocenters. The summed E-state index contributed by atoms with van der Waals surface area (Å²) in [4.78, 5) is 14.2. The second-order valence-corrected chi connectivity index (χ2v) is 5.05. The molecule has 0 spiro atoms. The van der Waals surface area contributed by atoms with Gasteiger partial charge in [-0.05, 0) is 36.8 Å². The molecule has 0 radical (unpaired) electrons. The van der Waals surface area contributed by atoms with Gasteiger partial charge in [0.1, 0.15) is 0 Å². The van der Waals surface area contributed by atoms with Gasteiger partial charge >= 0.3 is 0 Å². The van der Waals surface area contributed by atoms with Crippen molar-refractivity contribution in [3.8, 4) is 5.69 Å². The first-order valence-electron chi connectivity index (χ1n) is 6.86. The molecular formula is C15H19ClN4O. The van der Waals surface area contributed by atoms with Gasteiger partial charge in [0, 0.05) is 37.9 Å². The number of carbonyl (C=O) groups excluding carboxylic acids is 1. The topological polar surface area (TPSA) is 50.2 Å². The molecule has 1 aromatic heterocycles. The number of amides is 1. The number of benzene rings is 1. The first kappa shape index (κ1) is 15.5. The Morgan fingerprint density at radius 3 is 2.43 bits per heavy atom. The summed E-state index contributed by atoms with van der Waals surface area (Å²) in [5, 5.41) is 7.51. The summed E-state index contributed by atoms with van der Waals surface area (Å²) >= 11 is 0. The van der Waals surface area contributed by atoms with Crippen molar-refractivity contribution < 1.29 is 4.79 Å². The minimum atomic E-state index is 0. The summed E-state index contributed by atoms with van der Waals surface area (Å²) in [5.41, 5.74) is 2.82. The van der Waals surface area contributed by atoms with E-state index < -0.39 is 0 Å². The lowest BCUT2D eigenvalue weighted by atomic mass is 10.1. The van der Waals surface area contributed by atoms with Gasteiger partial charge in [-0.1, -0.05) is 0 Å². The number of carbonyl (C=O) groups is 1. The van der Waals surface area contributed by atoms with Crippen LogP contribution in [0.1, 0.15) is 15.9 Å². The van der Waals surface area contributed by atoms with Gasteiger partial charge < -0.3 is 10.2 Å². The average Bonchev–Trinajstić information content (AvgIpc) is 2.94. The summed E-state index contributed by atoms with van der Waals surface area (Å²) in [6, 6.07) is 7.61. The molecule has 5 nitrogen and oxygen atoms in total. The Morgan fingerprint density at radius 2 is 1.86 bits per heavy atom. The molecule has 0 aliphatic carbocycles. The molecule has 1 saturated heterocycles. The lowest BCUT2D eigenvalue weighted by molar-refractivity contribution is 0.0736. The smallest absolute Gasteiger partial charge is 0.253 e. The third-order valence-electron chi connectivity index (χ3n) is 3.49. The minimum absolute atomic E-state index is 0. The largest absolute Gasteiger partial charge is 0.336 e. The number of piperazine rings is 1. The van der Waals surface area contributed by atoms with E-state index in [9.17, 15) is 4.79 Å². The van der Waals surface area contributed by atoms with E-state index >= 15 is 0 Å². The fourth-order valence-electron chi connectivity index (χ4n) is 2.36. The number of hydrogen-bond donors (Lipinski definition) is 1. The molecule has 1 aromatic carbocycles. The first-order valence-corrected chi connectivity index (χ1v) is 6.86. The average molecular weight is 307 g/mol. The SMILES string of the molecule is Cc1cnn(-c2ccc(C(=O)N3CCNCC3)cc2)c1.Cl. The highest BCUT2D eigenvalue weighted by atomic mass is 35.5. The zero-order chi connectivity index (χ0) is 13.9. The molecule has 21 heavy (non-hydrogen) atoms. The Labute approximate surface area is 130 Å². The van der Waals surface area contributed by atoms with Crippen LogP contribution in [0.15, 0.2) is 36.7 Å².